The van der Waals surface area contributed by atoms with Crippen LogP contribution < -0.4 is 15.4 Å². The number of aromatic nitrogens is 2. The maximum atomic E-state index is 11.9. The van der Waals surface area contributed by atoms with Gasteiger partial charge in [0.25, 0.3) is 0 Å². The lowest BCUT2D eigenvalue weighted by Crippen LogP contribution is -2.30. The van der Waals surface area contributed by atoms with Crippen LogP contribution in [0, 0.1) is 5.92 Å². The second-order valence-electron chi connectivity index (χ2n) is 6.23. The van der Waals surface area contributed by atoms with Crippen molar-refractivity contribution in [3.63, 3.8) is 0 Å². The number of hydrogen-bond donors (Lipinski definition) is 2. The molecule has 0 unspecified atom stereocenters. The van der Waals surface area contributed by atoms with Crippen molar-refractivity contribution in [2.45, 2.75) is 26.7 Å². The molecule has 2 N–H and O–H groups in total. The zero-order chi connectivity index (χ0) is 18.8. The quantitative estimate of drug-likeness (QED) is 0.620. The fourth-order valence-electron chi connectivity index (χ4n) is 2.17. The minimum Gasteiger partial charge on any atom is -0.497 e. The van der Waals surface area contributed by atoms with E-state index >= 15 is 0 Å². The smallest absolute Gasteiger partial charge is 0.321 e. The third-order valence-electron chi connectivity index (χ3n) is 3.38. The predicted octanol–water partition coefficient (Wildman–Crippen LogP) is 3.32. The first-order valence-corrected chi connectivity index (χ1v) is 9.46. The number of carbonyl (C=O) groups excluding carboxylic acids is 1. The van der Waals surface area contributed by atoms with Crippen LogP contribution in [0.2, 0.25) is 0 Å². The number of hydrogen-bond acceptors (Lipinski definition) is 6. The number of amides is 2. The highest BCUT2D eigenvalue weighted by Gasteiger charge is 2.09. The van der Waals surface area contributed by atoms with E-state index in [9.17, 15) is 4.79 Å². The molecule has 8 heteroatoms. The molecule has 0 bridgehead atoms. The molecule has 0 aliphatic heterocycles. The van der Waals surface area contributed by atoms with Gasteiger partial charge in [-0.2, -0.15) is 0 Å². The number of nitrogens with zero attached hydrogens (tertiary/aromatic N) is 2. The van der Waals surface area contributed by atoms with Gasteiger partial charge in [0.05, 0.1) is 7.11 Å². The molecular weight excluding hydrogens is 352 g/mol. The van der Waals surface area contributed by atoms with Crippen LogP contribution in [0.25, 0.3) is 0 Å². The van der Waals surface area contributed by atoms with Crippen molar-refractivity contribution in [2.24, 2.45) is 5.92 Å². The van der Waals surface area contributed by atoms with Crippen LogP contribution in [-0.4, -0.2) is 43.1 Å². The van der Waals surface area contributed by atoms with E-state index in [2.05, 4.69) is 34.7 Å². The summed E-state index contributed by atoms with van der Waals surface area (Å²) in [5.41, 5.74) is 1.08. The number of benzene rings is 1. The molecule has 0 atom stereocenters. The van der Waals surface area contributed by atoms with Crippen LogP contribution in [0.5, 0.6) is 5.75 Å². The summed E-state index contributed by atoms with van der Waals surface area (Å²) in [5.74, 6) is 1.33. The summed E-state index contributed by atoms with van der Waals surface area (Å²) < 4.78 is 10.7. The summed E-state index contributed by atoms with van der Waals surface area (Å²) in [6, 6.07) is 7.52. The SMILES string of the molecule is COc1cccc(Cc2nnc(NC(=O)NCCCOCC(C)C)s2)c1. The largest absolute Gasteiger partial charge is 0.497 e. The second kappa shape index (κ2) is 10.7. The van der Waals surface area contributed by atoms with E-state index in [1.54, 1.807) is 7.11 Å². The van der Waals surface area contributed by atoms with E-state index in [0.29, 0.717) is 30.6 Å². The van der Waals surface area contributed by atoms with E-state index in [4.69, 9.17) is 9.47 Å². The molecule has 0 radical (unpaired) electrons. The molecule has 1 aromatic heterocycles. The van der Waals surface area contributed by atoms with Gasteiger partial charge < -0.3 is 14.8 Å². The van der Waals surface area contributed by atoms with Crippen LogP contribution in [0.15, 0.2) is 24.3 Å². The van der Waals surface area contributed by atoms with Crippen molar-refractivity contribution in [3.8, 4) is 5.75 Å². The second-order valence-corrected chi connectivity index (χ2v) is 7.29. The Morgan fingerprint density at radius 1 is 1.31 bits per heavy atom. The van der Waals surface area contributed by atoms with E-state index in [1.165, 1.54) is 11.3 Å². The molecule has 2 amide bonds. The summed E-state index contributed by atoms with van der Waals surface area (Å²) in [7, 11) is 1.64. The van der Waals surface area contributed by atoms with Crippen molar-refractivity contribution < 1.29 is 14.3 Å². The first-order valence-electron chi connectivity index (χ1n) is 8.64. The molecule has 142 valence electrons. The monoisotopic (exact) mass is 378 g/mol. The standard InChI is InChI=1S/C18H26N4O3S/c1-13(2)12-25-9-5-8-19-17(23)20-18-22-21-16(26-18)11-14-6-4-7-15(10-14)24-3/h4,6-7,10,13H,5,8-9,11-12H2,1-3H3,(H2,19,20,22,23). The van der Waals surface area contributed by atoms with Crippen molar-refractivity contribution in [1.82, 2.24) is 15.5 Å². The molecule has 0 fully saturated rings. The van der Waals surface area contributed by atoms with Gasteiger partial charge in [0.1, 0.15) is 10.8 Å². The molecule has 0 saturated heterocycles. The van der Waals surface area contributed by atoms with Gasteiger partial charge in [-0.05, 0) is 30.0 Å². The van der Waals surface area contributed by atoms with Gasteiger partial charge in [-0.25, -0.2) is 4.79 Å². The molecule has 2 aromatic rings. The first-order chi connectivity index (χ1) is 12.6. The van der Waals surface area contributed by atoms with Gasteiger partial charge in [0.2, 0.25) is 5.13 Å². The van der Waals surface area contributed by atoms with Gasteiger partial charge in [-0.1, -0.05) is 37.3 Å². The average molecular weight is 378 g/mol. The number of methoxy groups -OCH3 is 1. The van der Waals surface area contributed by atoms with E-state index in [-0.39, 0.29) is 6.03 Å². The highest BCUT2D eigenvalue weighted by Crippen LogP contribution is 2.20. The summed E-state index contributed by atoms with van der Waals surface area (Å²) >= 11 is 1.36. The topological polar surface area (TPSA) is 85.4 Å². The highest BCUT2D eigenvalue weighted by atomic mass is 32.1. The van der Waals surface area contributed by atoms with Gasteiger partial charge in [-0.3, -0.25) is 5.32 Å². The normalized spacial score (nSPS) is 10.8. The zero-order valence-electron chi connectivity index (χ0n) is 15.4. The first kappa shape index (κ1) is 20.1. The third kappa shape index (κ3) is 7.37. The zero-order valence-corrected chi connectivity index (χ0v) is 16.3. The molecule has 2 rings (SSSR count). The van der Waals surface area contributed by atoms with Crippen LogP contribution in [0.4, 0.5) is 9.93 Å². The molecule has 0 aliphatic rings. The number of rotatable bonds is 10. The minimum atomic E-state index is -0.280. The number of carbonyl (C=O) groups is 1. The maximum absolute atomic E-state index is 11.9. The Kier molecular flexibility index (Phi) is 8.30. The van der Waals surface area contributed by atoms with Crippen molar-refractivity contribution in [2.75, 3.05) is 32.2 Å². The van der Waals surface area contributed by atoms with Crippen LogP contribution in [0.1, 0.15) is 30.8 Å². The highest BCUT2D eigenvalue weighted by molar-refractivity contribution is 7.15. The predicted molar refractivity (Wildman–Crippen MR) is 103 cm³/mol. The number of urea groups is 1. The fraction of sp³-hybridized carbons (Fsp3) is 0.500. The molecule has 26 heavy (non-hydrogen) atoms. The summed E-state index contributed by atoms with van der Waals surface area (Å²) in [5, 5.41) is 14.9. The molecule has 1 aromatic carbocycles. The van der Waals surface area contributed by atoms with Gasteiger partial charge in [0, 0.05) is 26.2 Å². The molecule has 7 nitrogen and oxygen atoms in total. The Labute approximate surface area is 158 Å². The molecule has 0 spiro atoms. The lowest BCUT2D eigenvalue weighted by molar-refractivity contribution is 0.108. The van der Waals surface area contributed by atoms with E-state index < -0.39 is 0 Å². The number of anilines is 1. The third-order valence-corrected chi connectivity index (χ3v) is 4.22. The number of nitrogens with one attached hydrogen (secondary N) is 2. The number of ether oxygens (including phenoxy) is 2. The van der Waals surface area contributed by atoms with Crippen molar-refractivity contribution >= 4 is 22.5 Å². The average Bonchev–Trinajstić information content (AvgIpc) is 3.04. The van der Waals surface area contributed by atoms with E-state index in [0.717, 1.165) is 29.3 Å². The van der Waals surface area contributed by atoms with Crippen LogP contribution in [0.3, 0.4) is 0 Å². The molecular formula is C18H26N4O3S. The van der Waals surface area contributed by atoms with Gasteiger partial charge in [0.15, 0.2) is 0 Å². The minimum absolute atomic E-state index is 0.280. The van der Waals surface area contributed by atoms with Crippen LogP contribution in [-0.2, 0) is 11.2 Å². The molecule has 1 heterocycles. The Morgan fingerprint density at radius 3 is 2.92 bits per heavy atom. The van der Waals surface area contributed by atoms with Crippen molar-refractivity contribution in [3.05, 3.63) is 34.8 Å². The van der Waals surface area contributed by atoms with Crippen molar-refractivity contribution in [1.29, 1.82) is 0 Å². The van der Waals surface area contributed by atoms with Gasteiger partial charge in [-0.15, -0.1) is 10.2 Å². The Bertz CT molecular complexity index is 691. The Hall–Kier alpha value is -2.19. The lowest BCUT2D eigenvalue weighted by atomic mass is 10.1. The summed E-state index contributed by atoms with van der Waals surface area (Å²) in [6.07, 6.45) is 1.42. The van der Waals surface area contributed by atoms with Crippen LogP contribution >= 0.6 is 11.3 Å². The Balaban J connectivity index is 1.71. The summed E-state index contributed by atoms with van der Waals surface area (Å²) in [4.78, 5) is 11.9. The fourth-order valence-corrected chi connectivity index (χ4v) is 2.94. The maximum Gasteiger partial charge on any atom is 0.321 e. The summed E-state index contributed by atoms with van der Waals surface area (Å²) in [6.45, 7) is 6.15. The van der Waals surface area contributed by atoms with E-state index in [1.807, 2.05) is 24.3 Å². The lowest BCUT2D eigenvalue weighted by Gasteiger charge is -2.07. The molecule has 0 saturated carbocycles. The molecule has 0 aliphatic carbocycles. The van der Waals surface area contributed by atoms with Gasteiger partial charge >= 0.3 is 6.03 Å². The Morgan fingerprint density at radius 2 is 2.15 bits per heavy atom.